The van der Waals surface area contributed by atoms with E-state index in [1.165, 1.54) is 99.7 Å². The van der Waals surface area contributed by atoms with Crippen LogP contribution < -0.4 is 4.90 Å². The molecule has 10 rings (SSSR count). The number of thiophene rings is 2. The Balaban J connectivity index is 0.000000174. The summed E-state index contributed by atoms with van der Waals surface area (Å²) in [6.07, 6.45) is 1.01. The van der Waals surface area contributed by atoms with Gasteiger partial charge in [-0.05, 0) is 158 Å². The molecule has 0 aliphatic heterocycles. The van der Waals surface area contributed by atoms with Crippen molar-refractivity contribution in [3.63, 3.8) is 0 Å². The summed E-state index contributed by atoms with van der Waals surface area (Å²) >= 11 is 14.6. The monoisotopic (exact) mass is 1180 g/mol. The number of anilines is 3. The fourth-order valence-electron chi connectivity index (χ4n) is 8.83. The molecule has 0 radical (unpaired) electrons. The molecule has 0 aliphatic rings. The molecule has 0 fully saturated rings. The molecule has 10 aromatic rings. The normalized spacial score (nSPS) is 12.0. The summed E-state index contributed by atoms with van der Waals surface area (Å²) in [5.41, 5.74) is 12.5. The maximum absolute atomic E-state index is 3.78. The van der Waals surface area contributed by atoms with Gasteiger partial charge < -0.3 is 4.90 Å². The molecule has 0 bridgehead atoms. The van der Waals surface area contributed by atoms with Crippen LogP contribution in [0.3, 0.4) is 0 Å². The van der Waals surface area contributed by atoms with Gasteiger partial charge in [0.05, 0.1) is 10.4 Å². The summed E-state index contributed by atoms with van der Waals surface area (Å²) in [5, 5.41) is 5.25. The molecular formula is C66H70Br3NS2. The summed E-state index contributed by atoms with van der Waals surface area (Å²) < 4.78 is 8.73. The minimum Gasteiger partial charge on any atom is -0.309 e. The van der Waals surface area contributed by atoms with E-state index in [-0.39, 0.29) is 29.1 Å². The maximum Gasteiger partial charge on any atom is 0.0640 e. The van der Waals surface area contributed by atoms with E-state index < -0.39 is 0 Å². The van der Waals surface area contributed by atoms with Gasteiger partial charge >= 0.3 is 0 Å². The van der Waals surface area contributed by atoms with Crippen molar-refractivity contribution in [2.45, 2.75) is 119 Å². The number of halogens is 3. The van der Waals surface area contributed by atoms with Gasteiger partial charge in [-0.3, -0.25) is 0 Å². The van der Waals surface area contributed by atoms with Crippen molar-refractivity contribution in [1.29, 1.82) is 0 Å². The van der Waals surface area contributed by atoms with E-state index in [9.17, 15) is 0 Å². The number of hydrogen-bond acceptors (Lipinski definition) is 3. The zero-order valence-electron chi connectivity index (χ0n) is 43.3. The van der Waals surface area contributed by atoms with Crippen LogP contribution in [0.25, 0.3) is 40.3 Å². The zero-order valence-corrected chi connectivity index (χ0v) is 49.7. The molecule has 0 spiro atoms. The van der Waals surface area contributed by atoms with Crippen LogP contribution >= 0.6 is 70.5 Å². The number of rotatable bonds is 5. The smallest absolute Gasteiger partial charge is 0.0640 e. The second-order valence-corrected chi connectivity index (χ2v) is 27.3. The molecule has 8 aromatic carbocycles. The minimum atomic E-state index is 0. The Kier molecular flexibility index (Phi) is 16.9. The second-order valence-electron chi connectivity index (χ2n) is 22.7. The number of hydrogen-bond donors (Lipinski definition) is 0. The quantitative estimate of drug-likeness (QED) is 0.166. The molecule has 0 saturated heterocycles. The molecule has 0 atom stereocenters. The molecule has 0 N–H and O–H groups in total. The van der Waals surface area contributed by atoms with Crippen molar-refractivity contribution in [2.75, 3.05) is 4.90 Å². The molecule has 2 heterocycles. The van der Waals surface area contributed by atoms with E-state index in [0.717, 1.165) is 10.9 Å². The summed E-state index contributed by atoms with van der Waals surface area (Å²) in [4.78, 5) is 2.41. The van der Waals surface area contributed by atoms with Crippen LogP contribution in [0.4, 0.5) is 17.1 Å². The van der Waals surface area contributed by atoms with Gasteiger partial charge in [0, 0.05) is 60.4 Å². The van der Waals surface area contributed by atoms with E-state index >= 15 is 0 Å². The predicted molar refractivity (Wildman–Crippen MR) is 334 cm³/mol. The standard InChI is InChI=1S/C32H32BrNS.C21H28.C12H6Br2S.CH4/c1-31(2,3)21-13-17-23(18-14-21)34(24-19-15-22(16-20-24)32(4,5)6)28-12-8-10-26-25-9-7-11-27(33)29(25)35-30(26)28;1-20(2,3)18-11-7-16(8-12-18)15-17-9-13-19(14-10-17)21(4,5)6;13-9-5-1-3-7-8-4-2-6-10(14)12(8)15-11(7)9;/h7-20H,1-6H3;7-14H,15H2,1-6H3;1-6H;1H4. The van der Waals surface area contributed by atoms with Crippen molar-refractivity contribution < 1.29 is 0 Å². The Labute approximate surface area is 464 Å². The van der Waals surface area contributed by atoms with E-state index in [4.69, 9.17) is 0 Å². The number of nitrogens with zero attached hydrogens (tertiary/aromatic N) is 1. The molecule has 0 saturated carbocycles. The van der Waals surface area contributed by atoms with Crippen LogP contribution in [0.2, 0.25) is 0 Å². The van der Waals surface area contributed by atoms with Crippen LogP contribution in [-0.4, -0.2) is 0 Å². The summed E-state index contributed by atoms with van der Waals surface area (Å²) in [6.45, 7) is 27.1. The molecular weight excluding hydrogens is 1110 g/mol. The van der Waals surface area contributed by atoms with Gasteiger partial charge in [0.25, 0.3) is 0 Å². The lowest BCUT2D eigenvalue weighted by atomic mass is 9.85. The average molecular weight is 1180 g/mol. The highest BCUT2D eigenvalue weighted by atomic mass is 79.9. The van der Waals surface area contributed by atoms with Crippen molar-refractivity contribution in [2.24, 2.45) is 0 Å². The maximum atomic E-state index is 3.78. The van der Waals surface area contributed by atoms with Crippen LogP contribution in [0.5, 0.6) is 0 Å². The SMILES string of the molecule is Brc1cccc2c1sc1c(Br)cccc12.C.CC(C)(C)c1ccc(Cc2ccc(C(C)(C)C)cc2)cc1.CC(C)(C)c1ccc(N(c2ccc(C(C)(C)C)cc2)c2cccc3c2sc2c(Br)cccc23)cc1. The Hall–Kier alpha value is -4.56. The third-order valence-corrected chi connectivity index (χ3v) is 18.5. The molecule has 0 unspecified atom stereocenters. The van der Waals surface area contributed by atoms with Crippen LogP contribution in [0.1, 0.15) is 124 Å². The summed E-state index contributed by atoms with van der Waals surface area (Å²) in [6, 6.07) is 62.1. The van der Waals surface area contributed by atoms with Gasteiger partial charge in [-0.25, -0.2) is 0 Å². The summed E-state index contributed by atoms with van der Waals surface area (Å²) in [7, 11) is 0. The first-order valence-electron chi connectivity index (χ1n) is 24.5. The molecule has 72 heavy (non-hydrogen) atoms. The van der Waals surface area contributed by atoms with Gasteiger partial charge in [-0.15, -0.1) is 22.7 Å². The highest BCUT2D eigenvalue weighted by molar-refractivity contribution is 9.11. The largest absolute Gasteiger partial charge is 0.309 e. The lowest BCUT2D eigenvalue weighted by Gasteiger charge is -2.28. The minimum absolute atomic E-state index is 0. The Morgan fingerprint density at radius 1 is 0.333 bits per heavy atom. The van der Waals surface area contributed by atoms with E-state index in [1.807, 2.05) is 22.7 Å². The highest BCUT2D eigenvalue weighted by Gasteiger charge is 2.22. The van der Waals surface area contributed by atoms with Crippen molar-refractivity contribution in [3.8, 4) is 0 Å². The van der Waals surface area contributed by atoms with E-state index in [2.05, 4.69) is 306 Å². The third-order valence-electron chi connectivity index (χ3n) is 13.2. The first-order chi connectivity index (χ1) is 33.5. The van der Waals surface area contributed by atoms with Crippen molar-refractivity contribution in [3.05, 3.63) is 217 Å². The third kappa shape index (κ3) is 12.5. The fraction of sp³-hybridized carbons (Fsp3) is 0.273. The number of benzene rings is 8. The van der Waals surface area contributed by atoms with Crippen LogP contribution in [-0.2, 0) is 28.1 Å². The highest BCUT2D eigenvalue weighted by Crippen LogP contribution is 2.47. The van der Waals surface area contributed by atoms with Crippen molar-refractivity contribution >= 4 is 128 Å². The summed E-state index contributed by atoms with van der Waals surface area (Å²) in [5.74, 6) is 0. The van der Waals surface area contributed by atoms with E-state index in [0.29, 0.717) is 0 Å². The molecule has 2 aromatic heterocycles. The first-order valence-corrected chi connectivity index (χ1v) is 28.5. The van der Waals surface area contributed by atoms with E-state index in [1.54, 1.807) is 0 Å². The van der Waals surface area contributed by atoms with Gasteiger partial charge in [-0.1, -0.05) is 212 Å². The van der Waals surface area contributed by atoms with Gasteiger partial charge in [0.2, 0.25) is 0 Å². The lowest BCUT2D eigenvalue weighted by Crippen LogP contribution is -2.14. The number of fused-ring (bicyclic) bond motifs is 6. The Morgan fingerprint density at radius 2 is 0.597 bits per heavy atom. The van der Waals surface area contributed by atoms with Crippen LogP contribution in [0, 0.1) is 0 Å². The predicted octanol–water partition coefficient (Wildman–Crippen LogP) is 23.0. The topological polar surface area (TPSA) is 3.24 Å². The lowest BCUT2D eigenvalue weighted by molar-refractivity contribution is 0.589. The first kappa shape index (κ1) is 55.2. The van der Waals surface area contributed by atoms with Crippen LogP contribution in [0.15, 0.2) is 183 Å². The molecule has 372 valence electrons. The van der Waals surface area contributed by atoms with Crippen molar-refractivity contribution in [1.82, 2.24) is 0 Å². The zero-order chi connectivity index (χ0) is 51.0. The Morgan fingerprint density at radius 3 is 0.903 bits per heavy atom. The molecule has 0 amide bonds. The second kappa shape index (κ2) is 22.1. The molecule has 1 nitrogen and oxygen atoms in total. The van der Waals surface area contributed by atoms with Gasteiger partial charge in [0.15, 0.2) is 0 Å². The fourth-order valence-corrected chi connectivity index (χ4v) is 13.0. The Bertz CT molecular complexity index is 3260. The average Bonchev–Trinajstić information content (AvgIpc) is 3.91. The van der Waals surface area contributed by atoms with Gasteiger partial charge in [-0.2, -0.15) is 0 Å². The molecule has 6 heteroatoms. The van der Waals surface area contributed by atoms with Gasteiger partial charge in [0.1, 0.15) is 0 Å². The molecule has 0 aliphatic carbocycles.